The number of hydrogen-bond donors (Lipinski definition) is 2. The maximum atomic E-state index is 12.8. The summed E-state index contributed by atoms with van der Waals surface area (Å²) >= 11 is 6.09. The standard InChI is InChI=1S/C21H25ClN6O2S/c1-28(16-5-3-2-4-6-16)31(29,30)12-11-24-21-17-13-19(22)25-14-18(17)26-20(27-21)15-7-9-23-10-8-15/h2-6,13-15,23H,7-12H2,1H3,(H,24,26,27). The van der Waals surface area contributed by atoms with Gasteiger partial charge in [0.25, 0.3) is 0 Å². The van der Waals surface area contributed by atoms with Gasteiger partial charge in [0, 0.05) is 24.9 Å². The number of piperidine rings is 1. The summed E-state index contributed by atoms with van der Waals surface area (Å²) in [5, 5.41) is 7.61. The first-order chi connectivity index (χ1) is 14.9. The summed E-state index contributed by atoms with van der Waals surface area (Å²) in [6, 6.07) is 10.7. The number of rotatable bonds is 7. The van der Waals surface area contributed by atoms with Gasteiger partial charge in [-0.3, -0.25) is 4.31 Å². The molecule has 10 heteroatoms. The Hall–Kier alpha value is -2.49. The van der Waals surface area contributed by atoms with E-state index < -0.39 is 10.0 Å². The number of fused-ring (bicyclic) bond motifs is 1. The first-order valence-electron chi connectivity index (χ1n) is 10.2. The largest absolute Gasteiger partial charge is 0.368 e. The molecule has 0 radical (unpaired) electrons. The van der Waals surface area contributed by atoms with Crippen molar-refractivity contribution in [2.45, 2.75) is 18.8 Å². The fourth-order valence-electron chi connectivity index (χ4n) is 3.66. The van der Waals surface area contributed by atoms with Gasteiger partial charge < -0.3 is 10.6 Å². The van der Waals surface area contributed by atoms with Crippen molar-refractivity contribution in [2.24, 2.45) is 0 Å². The third kappa shape index (κ3) is 5.06. The van der Waals surface area contributed by atoms with Crippen molar-refractivity contribution >= 4 is 44.0 Å². The molecule has 164 valence electrons. The molecule has 31 heavy (non-hydrogen) atoms. The number of nitrogens with zero attached hydrogens (tertiary/aromatic N) is 4. The van der Waals surface area contributed by atoms with Crippen LogP contribution < -0.4 is 14.9 Å². The Morgan fingerprint density at radius 1 is 1.19 bits per heavy atom. The molecule has 4 rings (SSSR count). The van der Waals surface area contributed by atoms with Crippen molar-refractivity contribution in [3.63, 3.8) is 0 Å². The van der Waals surface area contributed by atoms with Gasteiger partial charge in [0.2, 0.25) is 10.0 Å². The van der Waals surface area contributed by atoms with E-state index in [1.807, 2.05) is 18.2 Å². The molecule has 0 saturated carbocycles. The number of sulfonamides is 1. The van der Waals surface area contributed by atoms with Crippen LogP contribution in [-0.4, -0.2) is 55.8 Å². The molecule has 1 aliphatic rings. The summed E-state index contributed by atoms with van der Waals surface area (Å²) in [4.78, 5) is 13.6. The zero-order valence-corrected chi connectivity index (χ0v) is 18.8. The van der Waals surface area contributed by atoms with Gasteiger partial charge in [-0.1, -0.05) is 29.8 Å². The van der Waals surface area contributed by atoms with Gasteiger partial charge in [-0.2, -0.15) is 0 Å². The summed E-state index contributed by atoms with van der Waals surface area (Å²) in [5.41, 5.74) is 1.32. The summed E-state index contributed by atoms with van der Waals surface area (Å²) in [6.45, 7) is 2.06. The van der Waals surface area contributed by atoms with E-state index in [9.17, 15) is 8.42 Å². The van der Waals surface area contributed by atoms with Crippen LogP contribution in [0.2, 0.25) is 5.15 Å². The smallest absolute Gasteiger partial charge is 0.236 e. The van der Waals surface area contributed by atoms with Crippen LogP contribution in [0, 0.1) is 0 Å². The van der Waals surface area contributed by atoms with Gasteiger partial charge in [-0.25, -0.2) is 23.4 Å². The third-order valence-electron chi connectivity index (χ3n) is 5.46. The summed E-state index contributed by atoms with van der Waals surface area (Å²) in [7, 11) is -1.93. The predicted molar refractivity (Wildman–Crippen MR) is 124 cm³/mol. The maximum absolute atomic E-state index is 12.8. The summed E-state index contributed by atoms with van der Waals surface area (Å²) in [6.07, 6.45) is 3.56. The highest BCUT2D eigenvalue weighted by Crippen LogP contribution is 2.28. The number of hydrogen-bond acceptors (Lipinski definition) is 7. The van der Waals surface area contributed by atoms with Crippen LogP contribution in [-0.2, 0) is 10.0 Å². The topological polar surface area (TPSA) is 100 Å². The van der Waals surface area contributed by atoms with Crippen LogP contribution in [0.3, 0.4) is 0 Å². The number of anilines is 2. The number of nitrogens with one attached hydrogen (secondary N) is 2. The van der Waals surface area contributed by atoms with E-state index >= 15 is 0 Å². The van der Waals surface area contributed by atoms with Gasteiger partial charge in [0.15, 0.2) is 0 Å². The van der Waals surface area contributed by atoms with Crippen LogP contribution >= 0.6 is 11.6 Å². The predicted octanol–water partition coefficient (Wildman–Crippen LogP) is 3.02. The van der Waals surface area contributed by atoms with Crippen molar-refractivity contribution in [3.8, 4) is 0 Å². The molecule has 1 saturated heterocycles. The SMILES string of the molecule is CN(c1ccccc1)S(=O)(=O)CCNc1nc(C2CCNCC2)nc2cnc(Cl)cc12. The molecule has 8 nitrogen and oxygen atoms in total. The molecule has 1 aromatic carbocycles. The first-order valence-corrected chi connectivity index (χ1v) is 12.2. The lowest BCUT2D eigenvalue weighted by molar-refractivity contribution is 0.446. The van der Waals surface area contributed by atoms with Crippen molar-refractivity contribution < 1.29 is 8.42 Å². The highest BCUT2D eigenvalue weighted by molar-refractivity contribution is 7.92. The molecular formula is C21H25ClN6O2S. The Balaban J connectivity index is 1.55. The van der Waals surface area contributed by atoms with E-state index in [4.69, 9.17) is 21.6 Å². The molecular weight excluding hydrogens is 436 g/mol. The van der Waals surface area contributed by atoms with E-state index in [0.29, 0.717) is 22.2 Å². The van der Waals surface area contributed by atoms with Gasteiger partial charge in [0.1, 0.15) is 16.8 Å². The quantitative estimate of drug-likeness (QED) is 0.522. The highest BCUT2D eigenvalue weighted by Gasteiger charge is 2.21. The minimum atomic E-state index is -3.49. The molecule has 0 atom stereocenters. The number of para-hydroxylation sites is 1. The van der Waals surface area contributed by atoms with E-state index in [1.54, 1.807) is 31.4 Å². The highest BCUT2D eigenvalue weighted by atomic mass is 35.5. The van der Waals surface area contributed by atoms with Crippen molar-refractivity contribution in [2.75, 3.05) is 42.1 Å². The van der Waals surface area contributed by atoms with E-state index in [2.05, 4.69) is 15.6 Å². The van der Waals surface area contributed by atoms with Crippen LogP contribution in [0.4, 0.5) is 11.5 Å². The van der Waals surface area contributed by atoms with Crippen LogP contribution in [0.5, 0.6) is 0 Å². The Labute approximate surface area is 187 Å². The second kappa shape index (κ2) is 9.33. The Morgan fingerprint density at radius 2 is 1.94 bits per heavy atom. The van der Waals surface area contributed by atoms with Crippen LogP contribution in [0.25, 0.3) is 10.9 Å². The van der Waals surface area contributed by atoms with Crippen molar-refractivity contribution in [1.29, 1.82) is 0 Å². The molecule has 2 N–H and O–H groups in total. The molecule has 3 aromatic rings. The van der Waals surface area contributed by atoms with Gasteiger partial charge in [-0.15, -0.1) is 0 Å². The molecule has 0 spiro atoms. The normalized spacial score (nSPS) is 15.2. The summed E-state index contributed by atoms with van der Waals surface area (Å²) < 4.78 is 26.8. The molecule has 3 heterocycles. The molecule has 1 fully saturated rings. The second-order valence-electron chi connectivity index (χ2n) is 7.52. The Bertz CT molecular complexity index is 1150. The van der Waals surface area contributed by atoms with E-state index in [0.717, 1.165) is 37.1 Å². The zero-order chi connectivity index (χ0) is 21.8. The maximum Gasteiger partial charge on any atom is 0.236 e. The number of aromatic nitrogens is 3. The Kier molecular flexibility index (Phi) is 6.54. The first kappa shape index (κ1) is 21.7. The monoisotopic (exact) mass is 460 g/mol. The Morgan fingerprint density at radius 3 is 2.68 bits per heavy atom. The second-order valence-corrected chi connectivity index (χ2v) is 10.0. The molecule has 2 aromatic heterocycles. The number of benzene rings is 1. The molecule has 0 bridgehead atoms. The number of pyridine rings is 1. The van der Waals surface area contributed by atoms with Crippen LogP contribution in [0.15, 0.2) is 42.6 Å². The third-order valence-corrected chi connectivity index (χ3v) is 7.43. The van der Waals surface area contributed by atoms with Gasteiger partial charge >= 0.3 is 0 Å². The molecule has 0 amide bonds. The lowest BCUT2D eigenvalue weighted by atomic mass is 9.97. The van der Waals surface area contributed by atoms with Gasteiger partial charge in [0.05, 0.1) is 23.2 Å². The fraction of sp³-hybridized carbons (Fsp3) is 0.381. The molecule has 0 unspecified atom stereocenters. The average Bonchev–Trinajstić information content (AvgIpc) is 2.79. The van der Waals surface area contributed by atoms with Crippen molar-refractivity contribution in [3.05, 3.63) is 53.6 Å². The molecule has 1 aliphatic heterocycles. The lowest BCUT2D eigenvalue weighted by Gasteiger charge is -2.22. The minimum Gasteiger partial charge on any atom is -0.368 e. The number of halogens is 1. The minimum absolute atomic E-state index is 0.0780. The van der Waals surface area contributed by atoms with Gasteiger partial charge in [-0.05, 0) is 44.1 Å². The van der Waals surface area contributed by atoms with E-state index in [-0.39, 0.29) is 18.2 Å². The van der Waals surface area contributed by atoms with Crippen LogP contribution in [0.1, 0.15) is 24.6 Å². The lowest BCUT2D eigenvalue weighted by Crippen LogP contribution is -2.32. The fourth-order valence-corrected chi connectivity index (χ4v) is 4.89. The average molecular weight is 461 g/mol. The van der Waals surface area contributed by atoms with Crippen molar-refractivity contribution in [1.82, 2.24) is 20.3 Å². The molecule has 0 aliphatic carbocycles. The summed E-state index contributed by atoms with van der Waals surface area (Å²) in [5.74, 6) is 1.52. The van der Waals surface area contributed by atoms with E-state index in [1.165, 1.54) is 4.31 Å². The zero-order valence-electron chi connectivity index (χ0n) is 17.3.